The smallest absolute Gasteiger partial charge is 0.309 e. The molecular formula is C26H34N6O4. The standard InChI is InChI=1S/C26H34N6O4/c1-3-17-7-8-22-19(14-17)15-21(25(33)27-22)23(31-11-9-18(10-12-31)26(34)35-4-2)24-28-29-30-32(24)16-20-6-5-13-36-20/h7-8,14-15,18,20,23H,3-6,9-13,16H2,1-2H3,(H,27,33)/t20-,23-/m0/s1. The van der Waals surface area contributed by atoms with Gasteiger partial charge in [-0.15, -0.1) is 5.10 Å². The van der Waals surface area contributed by atoms with E-state index in [-0.39, 0.29) is 23.6 Å². The molecule has 2 aromatic heterocycles. The van der Waals surface area contributed by atoms with Crippen LogP contribution in [0.1, 0.15) is 62.5 Å². The third kappa shape index (κ3) is 5.05. The second-order valence-corrected chi connectivity index (χ2v) is 9.65. The maximum Gasteiger partial charge on any atom is 0.309 e. The van der Waals surface area contributed by atoms with Crippen LogP contribution in [0.2, 0.25) is 0 Å². The normalized spacial score (nSPS) is 20.1. The molecule has 4 heterocycles. The fraction of sp³-hybridized carbons (Fsp3) is 0.577. The van der Waals surface area contributed by atoms with Gasteiger partial charge in [-0.1, -0.05) is 13.0 Å². The first kappa shape index (κ1) is 24.6. The van der Waals surface area contributed by atoms with Crippen LogP contribution in [0.3, 0.4) is 0 Å². The van der Waals surface area contributed by atoms with Crippen LogP contribution in [0.15, 0.2) is 29.1 Å². The van der Waals surface area contributed by atoms with Gasteiger partial charge in [0.2, 0.25) is 0 Å². The Balaban J connectivity index is 1.52. The fourth-order valence-electron chi connectivity index (χ4n) is 5.37. The lowest BCUT2D eigenvalue weighted by Gasteiger charge is -2.36. The van der Waals surface area contributed by atoms with Crippen molar-refractivity contribution in [2.45, 2.75) is 64.6 Å². The molecule has 0 radical (unpaired) electrons. The maximum absolute atomic E-state index is 13.4. The number of hydrogen-bond acceptors (Lipinski definition) is 8. The van der Waals surface area contributed by atoms with Crippen molar-refractivity contribution in [3.8, 4) is 0 Å². The van der Waals surface area contributed by atoms with Gasteiger partial charge in [0.1, 0.15) is 6.04 Å². The molecule has 2 aliphatic heterocycles. The van der Waals surface area contributed by atoms with Gasteiger partial charge < -0.3 is 14.5 Å². The number of fused-ring (bicyclic) bond motifs is 1. The summed E-state index contributed by atoms with van der Waals surface area (Å²) in [5, 5.41) is 13.6. The second kappa shape index (κ2) is 10.9. The number of pyridine rings is 1. The minimum Gasteiger partial charge on any atom is -0.466 e. The van der Waals surface area contributed by atoms with Gasteiger partial charge >= 0.3 is 5.97 Å². The predicted molar refractivity (Wildman–Crippen MR) is 134 cm³/mol. The summed E-state index contributed by atoms with van der Waals surface area (Å²) in [6.07, 6.45) is 4.28. The number of benzene rings is 1. The Morgan fingerprint density at radius 2 is 2.06 bits per heavy atom. The molecule has 0 bridgehead atoms. The van der Waals surface area contributed by atoms with Crippen molar-refractivity contribution in [2.24, 2.45) is 5.92 Å². The van der Waals surface area contributed by atoms with Crippen LogP contribution >= 0.6 is 0 Å². The molecule has 0 unspecified atom stereocenters. The molecule has 0 saturated carbocycles. The molecule has 2 atom stereocenters. The zero-order valence-corrected chi connectivity index (χ0v) is 21.0. The van der Waals surface area contributed by atoms with Crippen molar-refractivity contribution >= 4 is 16.9 Å². The molecule has 0 spiro atoms. The predicted octanol–water partition coefficient (Wildman–Crippen LogP) is 2.62. The number of carbonyl (C=O) groups is 1. The summed E-state index contributed by atoms with van der Waals surface area (Å²) in [6.45, 7) is 6.88. The number of aromatic nitrogens is 5. The molecule has 36 heavy (non-hydrogen) atoms. The van der Waals surface area contributed by atoms with Crippen LogP contribution in [0.25, 0.3) is 10.9 Å². The Hall–Kier alpha value is -3.11. The van der Waals surface area contributed by atoms with Crippen LogP contribution < -0.4 is 5.56 Å². The van der Waals surface area contributed by atoms with Crippen LogP contribution in [0.4, 0.5) is 0 Å². The molecular weight excluding hydrogens is 460 g/mol. The number of nitrogens with zero attached hydrogens (tertiary/aromatic N) is 5. The van der Waals surface area contributed by atoms with Crippen molar-refractivity contribution in [2.75, 3.05) is 26.3 Å². The molecule has 5 rings (SSSR count). The molecule has 0 aliphatic carbocycles. The first-order chi connectivity index (χ1) is 17.6. The number of esters is 1. The third-order valence-electron chi connectivity index (χ3n) is 7.36. The van der Waals surface area contributed by atoms with Gasteiger partial charge in [0.05, 0.1) is 25.2 Å². The van der Waals surface area contributed by atoms with E-state index < -0.39 is 6.04 Å². The number of piperidine rings is 1. The number of aromatic amines is 1. The summed E-state index contributed by atoms with van der Waals surface area (Å²) >= 11 is 0. The largest absolute Gasteiger partial charge is 0.466 e. The minimum absolute atomic E-state index is 0.0597. The molecule has 3 aromatic rings. The molecule has 2 saturated heterocycles. The van der Waals surface area contributed by atoms with Gasteiger partial charge in [-0.2, -0.15) is 0 Å². The van der Waals surface area contributed by atoms with E-state index in [0.29, 0.717) is 50.5 Å². The molecule has 1 aromatic carbocycles. The van der Waals surface area contributed by atoms with Crippen molar-refractivity contribution < 1.29 is 14.3 Å². The fourth-order valence-corrected chi connectivity index (χ4v) is 5.37. The average molecular weight is 495 g/mol. The van der Waals surface area contributed by atoms with E-state index in [1.807, 2.05) is 25.1 Å². The van der Waals surface area contributed by atoms with E-state index in [0.717, 1.165) is 36.8 Å². The average Bonchev–Trinajstić information content (AvgIpc) is 3.58. The second-order valence-electron chi connectivity index (χ2n) is 9.65. The minimum atomic E-state index is -0.442. The quantitative estimate of drug-likeness (QED) is 0.475. The lowest BCUT2D eigenvalue weighted by atomic mass is 9.93. The highest BCUT2D eigenvalue weighted by Gasteiger charge is 2.35. The number of tetrazole rings is 1. The number of likely N-dealkylation sites (tertiary alicyclic amines) is 1. The third-order valence-corrected chi connectivity index (χ3v) is 7.36. The molecule has 2 aliphatic rings. The van der Waals surface area contributed by atoms with Gasteiger partial charge in [-0.3, -0.25) is 14.5 Å². The zero-order valence-electron chi connectivity index (χ0n) is 21.0. The number of aryl methyl sites for hydroxylation is 1. The number of H-pyrrole nitrogens is 1. The number of nitrogens with one attached hydrogen (secondary N) is 1. The Morgan fingerprint density at radius 1 is 1.22 bits per heavy atom. The Bertz CT molecular complexity index is 1260. The van der Waals surface area contributed by atoms with Crippen molar-refractivity contribution in [1.82, 2.24) is 30.1 Å². The Labute approximate surface area is 210 Å². The van der Waals surface area contributed by atoms with Crippen molar-refractivity contribution in [3.63, 3.8) is 0 Å². The summed E-state index contributed by atoms with van der Waals surface area (Å²) in [5.74, 6) is 0.343. The molecule has 0 amide bonds. The summed E-state index contributed by atoms with van der Waals surface area (Å²) in [7, 11) is 0. The van der Waals surface area contributed by atoms with Gasteiger partial charge in [-0.05, 0) is 78.6 Å². The van der Waals surface area contributed by atoms with Crippen molar-refractivity contribution in [1.29, 1.82) is 0 Å². The van der Waals surface area contributed by atoms with Crippen LogP contribution in [-0.4, -0.2) is 68.5 Å². The van der Waals surface area contributed by atoms with E-state index in [9.17, 15) is 9.59 Å². The summed E-state index contributed by atoms with van der Waals surface area (Å²) in [5.41, 5.74) is 2.46. The van der Waals surface area contributed by atoms with E-state index in [1.54, 1.807) is 4.68 Å². The van der Waals surface area contributed by atoms with Crippen LogP contribution in [0.5, 0.6) is 0 Å². The molecule has 2 fully saturated rings. The summed E-state index contributed by atoms with van der Waals surface area (Å²) in [4.78, 5) is 31.0. The Morgan fingerprint density at radius 3 is 2.78 bits per heavy atom. The lowest BCUT2D eigenvalue weighted by molar-refractivity contribution is -0.149. The van der Waals surface area contributed by atoms with E-state index in [2.05, 4.69) is 38.4 Å². The maximum atomic E-state index is 13.4. The molecule has 192 valence electrons. The highest BCUT2D eigenvalue weighted by atomic mass is 16.5. The zero-order chi connectivity index (χ0) is 25.1. The van der Waals surface area contributed by atoms with Crippen molar-refractivity contribution in [3.05, 3.63) is 51.6 Å². The van der Waals surface area contributed by atoms with E-state index >= 15 is 0 Å². The van der Waals surface area contributed by atoms with Crippen LogP contribution in [0, 0.1) is 5.92 Å². The molecule has 10 heteroatoms. The SMILES string of the molecule is CCOC(=O)C1CCN([C@@H](c2cc3cc(CC)ccc3[nH]c2=O)c2nnnn2C[C@@H]2CCCO2)CC1. The first-order valence-electron chi connectivity index (χ1n) is 13.0. The lowest BCUT2D eigenvalue weighted by Crippen LogP contribution is -2.42. The van der Waals surface area contributed by atoms with E-state index in [4.69, 9.17) is 9.47 Å². The number of ether oxygens (including phenoxy) is 2. The summed E-state index contributed by atoms with van der Waals surface area (Å²) in [6, 6.07) is 7.65. The van der Waals surface area contributed by atoms with Gasteiger partial charge in [-0.25, -0.2) is 4.68 Å². The highest BCUT2D eigenvalue weighted by Crippen LogP contribution is 2.32. The molecule has 1 N–H and O–H groups in total. The van der Waals surface area contributed by atoms with Crippen LogP contribution in [-0.2, 0) is 27.2 Å². The number of hydrogen-bond donors (Lipinski definition) is 1. The van der Waals surface area contributed by atoms with Gasteiger partial charge in [0.25, 0.3) is 5.56 Å². The first-order valence-corrected chi connectivity index (χ1v) is 13.0. The molecule has 10 nitrogen and oxygen atoms in total. The Kier molecular flexibility index (Phi) is 7.43. The summed E-state index contributed by atoms with van der Waals surface area (Å²) < 4.78 is 12.9. The number of rotatable bonds is 8. The van der Waals surface area contributed by atoms with E-state index in [1.165, 1.54) is 5.56 Å². The number of carbonyl (C=O) groups excluding carboxylic acids is 1. The monoisotopic (exact) mass is 494 g/mol. The topological polar surface area (TPSA) is 115 Å². The van der Waals surface area contributed by atoms with Gasteiger partial charge in [0.15, 0.2) is 5.82 Å². The van der Waals surface area contributed by atoms with Gasteiger partial charge in [0, 0.05) is 30.8 Å². The highest BCUT2D eigenvalue weighted by molar-refractivity contribution is 5.80.